The van der Waals surface area contributed by atoms with Crippen LogP contribution in [0, 0.1) is 11.8 Å². The fraction of sp³-hybridized carbons (Fsp3) is 0.857. The molecule has 0 spiro atoms. The van der Waals surface area contributed by atoms with E-state index in [4.69, 9.17) is 23.7 Å². The summed E-state index contributed by atoms with van der Waals surface area (Å²) in [7, 11) is 1.40. The number of hydrogen-bond acceptors (Lipinski definition) is 7. The predicted octanol–water partition coefficient (Wildman–Crippen LogP) is 7.79. The van der Waals surface area contributed by atoms with E-state index < -0.39 is 24.0 Å². The van der Waals surface area contributed by atoms with Crippen LogP contribution in [0.1, 0.15) is 130 Å². The molecule has 3 aliphatic rings. The number of allylic oxidation sites excluding steroid dienone is 4. The maximum Gasteiger partial charge on any atom is 0.340 e. The van der Waals surface area contributed by atoms with Gasteiger partial charge in [0.05, 0.1) is 13.2 Å². The molecule has 42 heavy (non-hydrogen) atoms. The van der Waals surface area contributed by atoms with Crippen LogP contribution in [0.25, 0.3) is 0 Å². The summed E-state index contributed by atoms with van der Waals surface area (Å²) in [5.41, 5.74) is 0.114. The SMILES string of the molecule is COC(=O)C(C)(OC1CCCCO1)C(CCCC[C@H]1[C@H](O)CC[C@@H]1/C=C/CCCCCC=C(C)C)OC1CCCCO1. The Labute approximate surface area is 255 Å². The minimum Gasteiger partial charge on any atom is -0.467 e. The van der Waals surface area contributed by atoms with Gasteiger partial charge < -0.3 is 28.8 Å². The van der Waals surface area contributed by atoms with Gasteiger partial charge in [0.2, 0.25) is 0 Å². The molecule has 2 heterocycles. The summed E-state index contributed by atoms with van der Waals surface area (Å²) in [6.45, 7) is 7.41. The number of carbonyl (C=O) groups is 1. The molecule has 0 aromatic carbocycles. The van der Waals surface area contributed by atoms with Gasteiger partial charge in [0.1, 0.15) is 6.10 Å². The second kappa shape index (κ2) is 19.2. The molecule has 1 aliphatic carbocycles. The standard InChI is InChI=1S/C35H60O7/c1-27(2)17-9-7-5-6-8-10-18-28-23-24-30(36)29(28)19-11-12-20-31(41-32-21-13-15-25-39-32)35(3,34(37)38-4)42-33-22-14-16-26-40-33/h10,17-18,28-33,36H,5-9,11-16,19-26H2,1-4H3/b18-10+/t28-,29+,30+,31?,32?,33?,35?/m0/s1. The van der Waals surface area contributed by atoms with E-state index >= 15 is 0 Å². The maximum atomic E-state index is 13.2. The topological polar surface area (TPSA) is 83.5 Å². The van der Waals surface area contributed by atoms with Crippen LogP contribution in [0.4, 0.5) is 0 Å². The van der Waals surface area contributed by atoms with E-state index in [2.05, 4.69) is 32.1 Å². The Balaban J connectivity index is 1.53. The van der Waals surface area contributed by atoms with E-state index in [0.29, 0.717) is 31.5 Å². The lowest BCUT2D eigenvalue weighted by molar-refractivity contribution is -0.280. The van der Waals surface area contributed by atoms with E-state index in [1.54, 1.807) is 6.92 Å². The van der Waals surface area contributed by atoms with Gasteiger partial charge in [-0.3, -0.25) is 0 Å². The molecule has 2 saturated heterocycles. The summed E-state index contributed by atoms with van der Waals surface area (Å²) < 4.78 is 29.8. The second-order valence-electron chi connectivity index (χ2n) is 13.0. The van der Waals surface area contributed by atoms with Crippen molar-refractivity contribution in [2.45, 2.75) is 160 Å². The van der Waals surface area contributed by atoms with Gasteiger partial charge in [-0.25, -0.2) is 4.79 Å². The fourth-order valence-electron chi connectivity index (χ4n) is 6.69. The quantitative estimate of drug-likeness (QED) is 0.0988. The third-order valence-electron chi connectivity index (χ3n) is 9.28. The molecule has 0 bridgehead atoms. The van der Waals surface area contributed by atoms with E-state index in [1.165, 1.54) is 38.4 Å². The number of aliphatic hydroxyl groups excluding tert-OH is 1. The van der Waals surface area contributed by atoms with E-state index in [-0.39, 0.29) is 12.4 Å². The summed E-state index contributed by atoms with van der Waals surface area (Å²) in [5.74, 6) is 0.296. The zero-order valence-electron chi connectivity index (χ0n) is 27.0. The van der Waals surface area contributed by atoms with Crippen LogP contribution in [-0.4, -0.2) is 61.8 Å². The minimum absolute atomic E-state index is 0.237. The zero-order chi connectivity index (χ0) is 30.2. The van der Waals surface area contributed by atoms with Gasteiger partial charge >= 0.3 is 5.97 Å². The van der Waals surface area contributed by atoms with Gasteiger partial charge in [0.15, 0.2) is 18.2 Å². The number of aliphatic hydroxyl groups is 1. The highest BCUT2D eigenvalue weighted by Gasteiger charge is 2.48. The van der Waals surface area contributed by atoms with Gasteiger partial charge in [-0.1, -0.05) is 43.1 Å². The fourth-order valence-corrected chi connectivity index (χ4v) is 6.69. The predicted molar refractivity (Wildman–Crippen MR) is 166 cm³/mol. The summed E-state index contributed by atoms with van der Waals surface area (Å²) >= 11 is 0. The number of carbonyl (C=O) groups excluding carboxylic acids is 1. The van der Waals surface area contributed by atoms with Crippen LogP contribution in [0.2, 0.25) is 0 Å². The Kier molecular flexibility index (Phi) is 16.1. The van der Waals surface area contributed by atoms with Crippen molar-refractivity contribution in [2.24, 2.45) is 11.8 Å². The van der Waals surface area contributed by atoms with Crippen LogP contribution < -0.4 is 0 Å². The largest absolute Gasteiger partial charge is 0.467 e. The number of methoxy groups -OCH3 is 1. The Morgan fingerprint density at radius 1 is 0.929 bits per heavy atom. The molecule has 4 unspecified atom stereocenters. The Morgan fingerprint density at radius 3 is 2.31 bits per heavy atom. The molecule has 3 rings (SSSR count). The van der Waals surface area contributed by atoms with E-state index in [9.17, 15) is 9.90 Å². The number of hydrogen-bond donors (Lipinski definition) is 1. The lowest BCUT2D eigenvalue weighted by atomic mass is 9.87. The van der Waals surface area contributed by atoms with Crippen molar-refractivity contribution >= 4 is 5.97 Å². The molecule has 7 atom stereocenters. The highest BCUT2D eigenvalue weighted by molar-refractivity contribution is 5.80. The summed E-state index contributed by atoms with van der Waals surface area (Å²) in [4.78, 5) is 13.2. The van der Waals surface area contributed by atoms with Crippen LogP contribution in [0.3, 0.4) is 0 Å². The number of rotatable bonds is 18. The molecule has 7 nitrogen and oxygen atoms in total. The van der Waals surface area contributed by atoms with Gasteiger partial charge in [-0.05, 0) is 122 Å². The molecule has 2 aliphatic heterocycles. The van der Waals surface area contributed by atoms with Crippen molar-refractivity contribution in [3.05, 3.63) is 23.8 Å². The van der Waals surface area contributed by atoms with Crippen LogP contribution in [0.5, 0.6) is 0 Å². The highest BCUT2D eigenvalue weighted by Crippen LogP contribution is 2.38. The first-order valence-corrected chi connectivity index (χ1v) is 17.0. The molecule has 7 heteroatoms. The highest BCUT2D eigenvalue weighted by atomic mass is 16.7. The third-order valence-corrected chi connectivity index (χ3v) is 9.28. The van der Waals surface area contributed by atoms with E-state index in [1.807, 2.05) is 0 Å². The lowest BCUT2D eigenvalue weighted by Gasteiger charge is -2.40. The smallest absolute Gasteiger partial charge is 0.340 e. The minimum atomic E-state index is -1.29. The van der Waals surface area contributed by atoms with Crippen molar-refractivity contribution in [1.29, 1.82) is 0 Å². The molecular formula is C35H60O7. The van der Waals surface area contributed by atoms with Crippen LogP contribution >= 0.6 is 0 Å². The third kappa shape index (κ3) is 11.7. The van der Waals surface area contributed by atoms with Crippen molar-refractivity contribution in [2.75, 3.05) is 20.3 Å². The normalized spacial score (nSPS) is 28.8. The van der Waals surface area contributed by atoms with Crippen molar-refractivity contribution < 1.29 is 33.6 Å². The maximum absolute atomic E-state index is 13.2. The first kappa shape index (κ1) is 35.2. The molecule has 0 aromatic heterocycles. The van der Waals surface area contributed by atoms with Crippen LogP contribution in [0.15, 0.2) is 23.8 Å². The Bertz CT molecular complexity index is 810. The molecular weight excluding hydrogens is 532 g/mol. The van der Waals surface area contributed by atoms with Crippen molar-refractivity contribution in [3.8, 4) is 0 Å². The van der Waals surface area contributed by atoms with Gasteiger partial charge in [0.25, 0.3) is 0 Å². The summed E-state index contributed by atoms with van der Waals surface area (Å²) in [5, 5.41) is 10.8. The Morgan fingerprint density at radius 2 is 1.64 bits per heavy atom. The molecule has 0 amide bonds. The molecule has 3 fully saturated rings. The number of esters is 1. The molecule has 0 radical (unpaired) electrons. The first-order chi connectivity index (χ1) is 20.3. The number of unbranched alkanes of at least 4 members (excludes halogenated alkanes) is 5. The van der Waals surface area contributed by atoms with Crippen molar-refractivity contribution in [3.63, 3.8) is 0 Å². The zero-order valence-corrected chi connectivity index (χ0v) is 27.0. The summed E-state index contributed by atoms with van der Waals surface area (Å²) in [6.07, 6.45) is 22.6. The first-order valence-electron chi connectivity index (χ1n) is 17.0. The van der Waals surface area contributed by atoms with Crippen LogP contribution in [-0.2, 0) is 28.5 Å². The monoisotopic (exact) mass is 592 g/mol. The second-order valence-corrected chi connectivity index (χ2v) is 13.0. The molecule has 1 saturated carbocycles. The van der Waals surface area contributed by atoms with Gasteiger partial charge in [0, 0.05) is 13.2 Å². The average molecular weight is 593 g/mol. The Hall–Kier alpha value is -1.25. The van der Waals surface area contributed by atoms with Gasteiger partial charge in [-0.2, -0.15) is 0 Å². The molecule has 0 aromatic rings. The van der Waals surface area contributed by atoms with E-state index in [0.717, 1.165) is 77.0 Å². The van der Waals surface area contributed by atoms with Gasteiger partial charge in [-0.15, -0.1) is 0 Å². The van der Waals surface area contributed by atoms with Crippen molar-refractivity contribution in [1.82, 2.24) is 0 Å². The lowest BCUT2D eigenvalue weighted by Crippen LogP contribution is -2.55. The summed E-state index contributed by atoms with van der Waals surface area (Å²) in [6, 6.07) is 0. The molecule has 1 N–H and O–H groups in total. The average Bonchev–Trinajstić information content (AvgIpc) is 3.34. The molecule has 242 valence electrons. The number of ether oxygens (including phenoxy) is 5.